The summed E-state index contributed by atoms with van der Waals surface area (Å²) in [5, 5.41) is 7.55. The highest BCUT2D eigenvalue weighted by Gasteiger charge is 2.20. The van der Waals surface area contributed by atoms with E-state index in [1.807, 2.05) is 0 Å². The van der Waals surface area contributed by atoms with E-state index in [1.165, 1.54) is 4.57 Å². The molecule has 0 N–H and O–H groups in total. The first-order valence-corrected chi connectivity index (χ1v) is 5.37. The molecule has 0 aliphatic carbocycles. The second-order valence-corrected chi connectivity index (χ2v) is 3.60. The van der Waals surface area contributed by atoms with E-state index in [0.717, 1.165) is 19.3 Å². The van der Waals surface area contributed by atoms with E-state index < -0.39 is 5.97 Å². The van der Waals surface area contributed by atoms with E-state index in [4.69, 9.17) is 4.74 Å². The minimum Gasteiger partial charge on any atom is -0.461 e. The lowest BCUT2D eigenvalue weighted by Gasteiger charge is -2.16. The van der Waals surface area contributed by atoms with Gasteiger partial charge in [-0.05, 0) is 19.8 Å². The van der Waals surface area contributed by atoms with Gasteiger partial charge in [0, 0.05) is 13.0 Å². The van der Waals surface area contributed by atoms with Gasteiger partial charge in [0.05, 0.1) is 6.61 Å². The van der Waals surface area contributed by atoms with E-state index in [0.29, 0.717) is 12.4 Å². The zero-order chi connectivity index (χ0) is 11.5. The average molecular weight is 223 g/mol. The van der Waals surface area contributed by atoms with Gasteiger partial charge in [0.25, 0.3) is 5.56 Å². The van der Waals surface area contributed by atoms with Gasteiger partial charge in [0.2, 0.25) is 5.69 Å². The average Bonchev–Trinajstić information content (AvgIpc) is 2.30. The first kappa shape index (κ1) is 10.8. The third-order valence-corrected chi connectivity index (χ3v) is 2.53. The van der Waals surface area contributed by atoms with E-state index in [1.54, 1.807) is 6.92 Å². The summed E-state index contributed by atoms with van der Waals surface area (Å²) in [4.78, 5) is 23.3. The zero-order valence-electron chi connectivity index (χ0n) is 9.10. The molecule has 0 aromatic carbocycles. The fourth-order valence-electron chi connectivity index (χ4n) is 1.75. The van der Waals surface area contributed by atoms with Gasteiger partial charge < -0.3 is 4.74 Å². The lowest BCUT2D eigenvalue weighted by atomic mass is 10.1. The Morgan fingerprint density at radius 2 is 2.25 bits per heavy atom. The number of nitrogens with zero attached hydrogens (tertiary/aromatic N) is 3. The van der Waals surface area contributed by atoms with Crippen molar-refractivity contribution in [1.29, 1.82) is 0 Å². The standard InChI is InChI=1S/C10H13N3O3/c1-2-16-10(15)8-9(14)13-6-4-3-5-7(13)11-12-8/h2-6H2,1H3. The summed E-state index contributed by atoms with van der Waals surface area (Å²) in [6.45, 7) is 2.51. The smallest absolute Gasteiger partial charge is 0.364 e. The van der Waals surface area contributed by atoms with Crippen LogP contribution in [-0.4, -0.2) is 27.3 Å². The molecule has 86 valence electrons. The summed E-state index contributed by atoms with van der Waals surface area (Å²) in [5.41, 5.74) is -0.601. The normalized spacial score (nSPS) is 14.3. The quantitative estimate of drug-likeness (QED) is 0.667. The number of aryl methyl sites for hydroxylation is 1. The molecular weight excluding hydrogens is 210 g/mol. The van der Waals surface area contributed by atoms with Crippen LogP contribution >= 0.6 is 0 Å². The van der Waals surface area contributed by atoms with Gasteiger partial charge in [-0.1, -0.05) is 0 Å². The molecule has 0 saturated heterocycles. The van der Waals surface area contributed by atoms with Crippen molar-refractivity contribution in [3.63, 3.8) is 0 Å². The van der Waals surface area contributed by atoms with Gasteiger partial charge in [-0.15, -0.1) is 10.2 Å². The van der Waals surface area contributed by atoms with Crippen molar-refractivity contribution in [1.82, 2.24) is 14.8 Å². The highest BCUT2D eigenvalue weighted by atomic mass is 16.5. The first-order chi connectivity index (χ1) is 7.74. The monoisotopic (exact) mass is 223 g/mol. The molecule has 0 spiro atoms. The fourth-order valence-corrected chi connectivity index (χ4v) is 1.75. The van der Waals surface area contributed by atoms with Crippen LogP contribution in [0.1, 0.15) is 36.1 Å². The van der Waals surface area contributed by atoms with Crippen molar-refractivity contribution in [3.05, 3.63) is 21.9 Å². The molecule has 2 heterocycles. The van der Waals surface area contributed by atoms with Crippen LogP contribution in [0.3, 0.4) is 0 Å². The second-order valence-electron chi connectivity index (χ2n) is 3.60. The van der Waals surface area contributed by atoms with Crippen LogP contribution in [0.2, 0.25) is 0 Å². The summed E-state index contributed by atoms with van der Waals surface area (Å²) in [5.74, 6) is -0.0369. The molecule has 0 saturated carbocycles. The van der Waals surface area contributed by atoms with Crippen LogP contribution in [0.4, 0.5) is 0 Å². The van der Waals surface area contributed by atoms with Crippen molar-refractivity contribution in [2.75, 3.05) is 6.61 Å². The number of carbonyl (C=O) groups is 1. The molecule has 0 atom stereocenters. The van der Waals surface area contributed by atoms with Gasteiger partial charge in [0.15, 0.2) is 0 Å². The Labute approximate surface area is 92.3 Å². The maximum Gasteiger partial charge on any atom is 0.364 e. The number of carbonyl (C=O) groups excluding carboxylic acids is 1. The van der Waals surface area contributed by atoms with Crippen LogP contribution < -0.4 is 5.56 Å². The van der Waals surface area contributed by atoms with Crippen LogP contribution in [0.25, 0.3) is 0 Å². The molecule has 1 aliphatic rings. The maximum atomic E-state index is 11.9. The highest BCUT2D eigenvalue weighted by molar-refractivity contribution is 5.86. The summed E-state index contributed by atoms with van der Waals surface area (Å²) in [7, 11) is 0. The summed E-state index contributed by atoms with van der Waals surface area (Å²) >= 11 is 0. The van der Waals surface area contributed by atoms with E-state index >= 15 is 0 Å². The number of rotatable bonds is 2. The third-order valence-electron chi connectivity index (χ3n) is 2.53. The van der Waals surface area contributed by atoms with Crippen molar-refractivity contribution in [2.24, 2.45) is 0 Å². The van der Waals surface area contributed by atoms with Gasteiger partial charge in [0.1, 0.15) is 5.82 Å². The largest absolute Gasteiger partial charge is 0.461 e. The molecular formula is C10H13N3O3. The molecule has 1 aromatic heterocycles. The summed E-state index contributed by atoms with van der Waals surface area (Å²) < 4.78 is 6.26. The van der Waals surface area contributed by atoms with E-state index in [9.17, 15) is 9.59 Å². The molecule has 2 rings (SSSR count). The Morgan fingerprint density at radius 3 is 3.00 bits per heavy atom. The first-order valence-electron chi connectivity index (χ1n) is 5.37. The molecule has 0 radical (unpaired) electrons. The molecule has 0 bridgehead atoms. The summed E-state index contributed by atoms with van der Waals surface area (Å²) in [6.07, 6.45) is 2.68. The minimum absolute atomic E-state index is 0.215. The van der Waals surface area contributed by atoms with Crippen LogP contribution in [0.15, 0.2) is 4.79 Å². The molecule has 6 heteroatoms. The highest BCUT2D eigenvalue weighted by Crippen LogP contribution is 2.08. The Hall–Kier alpha value is -1.72. The lowest BCUT2D eigenvalue weighted by molar-refractivity contribution is 0.0514. The number of fused-ring (bicyclic) bond motifs is 1. The molecule has 0 fully saturated rings. The molecule has 1 aliphatic heterocycles. The minimum atomic E-state index is -0.694. The van der Waals surface area contributed by atoms with Crippen molar-refractivity contribution >= 4 is 5.97 Å². The van der Waals surface area contributed by atoms with E-state index in [-0.39, 0.29) is 17.9 Å². The number of hydrogen-bond acceptors (Lipinski definition) is 5. The molecule has 6 nitrogen and oxygen atoms in total. The van der Waals surface area contributed by atoms with Crippen LogP contribution in [0, 0.1) is 0 Å². The van der Waals surface area contributed by atoms with E-state index in [2.05, 4.69) is 10.2 Å². The van der Waals surface area contributed by atoms with Gasteiger partial charge in [-0.2, -0.15) is 0 Å². The lowest BCUT2D eigenvalue weighted by Crippen LogP contribution is -2.34. The number of esters is 1. The Kier molecular flexibility index (Phi) is 2.98. The number of ether oxygens (including phenoxy) is 1. The molecule has 0 unspecified atom stereocenters. The fraction of sp³-hybridized carbons (Fsp3) is 0.600. The van der Waals surface area contributed by atoms with Crippen molar-refractivity contribution in [2.45, 2.75) is 32.7 Å². The molecule has 16 heavy (non-hydrogen) atoms. The third kappa shape index (κ3) is 1.82. The summed E-state index contributed by atoms with van der Waals surface area (Å²) in [6, 6.07) is 0. The zero-order valence-corrected chi connectivity index (χ0v) is 9.10. The van der Waals surface area contributed by atoms with Gasteiger partial charge >= 0.3 is 5.97 Å². The van der Waals surface area contributed by atoms with Crippen molar-refractivity contribution in [3.8, 4) is 0 Å². The molecule has 1 aromatic rings. The Bertz CT molecular complexity index is 467. The van der Waals surface area contributed by atoms with Crippen molar-refractivity contribution < 1.29 is 9.53 Å². The second kappa shape index (κ2) is 4.42. The van der Waals surface area contributed by atoms with Crippen LogP contribution in [-0.2, 0) is 17.7 Å². The van der Waals surface area contributed by atoms with Crippen LogP contribution in [0.5, 0.6) is 0 Å². The topological polar surface area (TPSA) is 74.1 Å². The Balaban J connectivity index is 2.42. The predicted molar refractivity (Wildman–Crippen MR) is 55.2 cm³/mol. The maximum absolute atomic E-state index is 11.9. The Morgan fingerprint density at radius 1 is 1.44 bits per heavy atom. The number of hydrogen-bond donors (Lipinski definition) is 0. The van der Waals surface area contributed by atoms with Gasteiger partial charge in [-0.25, -0.2) is 4.79 Å². The SMILES string of the molecule is CCOC(=O)c1nnc2n(c1=O)CCCC2. The molecule has 0 amide bonds. The predicted octanol–water partition coefficient (Wildman–Crippen LogP) is 0.151. The van der Waals surface area contributed by atoms with Gasteiger partial charge in [-0.3, -0.25) is 9.36 Å². The number of aromatic nitrogens is 3.